The van der Waals surface area contributed by atoms with Gasteiger partial charge < -0.3 is 29.9 Å². The summed E-state index contributed by atoms with van der Waals surface area (Å²) < 4.78 is 11.7. The summed E-state index contributed by atoms with van der Waals surface area (Å²) in [4.78, 5) is 27.3. The van der Waals surface area contributed by atoms with Crippen molar-refractivity contribution < 1.29 is 128 Å². The van der Waals surface area contributed by atoms with Gasteiger partial charge in [-0.25, -0.2) is 4.79 Å². The van der Waals surface area contributed by atoms with Gasteiger partial charge >= 0.3 is 5.97 Å². The number of rotatable bonds is 2. The molecule has 1 aromatic rings. The fraction of sp³-hybridized carbons (Fsp3) is 0.630. The second-order valence-electron chi connectivity index (χ2n) is 11.5. The first kappa shape index (κ1) is 32.3. The van der Waals surface area contributed by atoms with Crippen LogP contribution in [0.1, 0.15) is 57.3 Å². The summed E-state index contributed by atoms with van der Waals surface area (Å²) in [7, 11) is 0. The molecule has 3 aliphatic carbocycles. The van der Waals surface area contributed by atoms with Gasteiger partial charge in [0.2, 0.25) is 0 Å². The van der Waals surface area contributed by atoms with E-state index in [1.807, 2.05) is 0 Å². The molecule has 1 aliphatic heterocycles. The van der Waals surface area contributed by atoms with Gasteiger partial charge in [0.05, 0.1) is 24.4 Å². The third kappa shape index (κ3) is 4.56. The van der Waals surface area contributed by atoms with E-state index in [4.69, 9.17) is 9.47 Å². The number of fused-ring (bicyclic) bond motifs is 5. The van der Waals surface area contributed by atoms with E-state index in [1.54, 1.807) is 58.0 Å². The largest absolute Gasteiger partial charge is 0.455 e. The number of ether oxygens (including phenoxy) is 2. The molecule has 6 unspecified atom stereocenters. The molecule has 1 saturated heterocycles. The van der Waals surface area contributed by atoms with Crippen LogP contribution < -0.4 is 0 Å². The van der Waals surface area contributed by atoms with E-state index in [-0.39, 0.29) is 119 Å². The molecule has 10 heteroatoms. The van der Waals surface area contributed by atoms with E-state index in [0.29, 0.717) is 12.0 Å². The third-order valence-corrected chi connectivity index (χ3v) is 9.51. The number of esters is 1. The maximum Gasteiger partial charge on any atom is 0.338 e. The molecule has 0 spiro atoms. The van der Waals surface area contributed by atoms with Crippen molar-refractivity contribution in [3.63, 3.8) is 0 Å². The zero-order valence-electron chi connectivity index (χ0n) is 21.7. The number of carbonyl (C=O) groups excluding carboxylic acids is 2. The van der Waals surface area contributed by atoms with Gasteiger partial charge in [-0.05, 0) is 43.0 Å². The van der Waals surface area contributed by atoms with Crippen molar-refractivity contribution in [1.82, 2.24) is 0 Å². The Balaban J connectivity index is 0.00000190. The van der Waals surface area contributed by atoms with Crippen LogP contribution in [0.4, 0.5) is 0 Å². The van der Waals surface area contributed by atoms with Crippen LogP contribution in [0.25, 0.3) is 0 Å². The predicted molar refractivity (Wildman–Crippen MR) is 124 cm³/mol. The average Bonchev–Trinajstić information content (AvgIpc) is 2.80. The molecule has 8 nitrogen and oxygen atoms in total. The third-order valence-electron chi connectivity index (χ3n) is 9.51. The van der Waals surface area contributed by atoms with Gasteiger partial charge in [-0.2, -0.15) is 0 Å². The summed E-state index contributed by atoms with van der Waals surface area (Å²) in [6.07, 6.45) is -4.20. The Hall–Kier alpha value is 0.783. The van der Waals surface area contributed by atoms with Gasteiger partial charge in [-0.15, -0.1) is 0 Å². The van der Waals surface area contributed by atoms with Gasteiger partial charge in [0, 0.05) is 111 Å². The molecule has 1 heterocycles. The summed E-state index contributed by atoms with van der Waals surface area (Å²) in [6.45, 7) is 6.60. The van der Waals surface area contributed by atoms with Crippen LogP contribution in [0, 0.1) is 105 Å². The van der Waals surface area contributed by atoms with Gasteiger partial charge in [0.1, 0.15) is 23.4 Å². The number of Topliss-reactive ketones (excluding diaryl/α,β-unsaturated/α-hetero) is 1. The minimum Gasteiger partial charge on any atom is -0.455 e. The second-order valence-corrected chi connectivity index (χ2v) is 11.5. The van der Waals surface area contributed by atoms with Crippen molar-refractivity contribution in [1.29, 1.82) is 0 Å². The minimum atomic E-state index is -1.90. The fourth-order valence-corrected chi connectivity index (χ4v) is 7.29. The molecule has 4 aliphatic rings. The van der Waals surface area contributed by atoms with Gasteiger partial charge in [-0.3, -0.25) is 4.79 Å². The molecule has 0 amide bonds. The Morgan fingerprint density at radius 1 is 1.08 bits per heavy atom. The monoisotopic (exact) mass is 940 g/mol. The van der Waals surface area contributed by atoms with Crippen molar-refractivity contribution in [2.45, 2.75) is 82.6 Å². The molecule has 2 bridgehead atoms. The molecule has 5 rings (SSSR count). The standard InChI is InChI=1S/C27H34O8.2Ac/c1-14-16(28)12-27(33)22(35-23(31)15-8-6-5-7-9-15)20-25(4,11-10-17-26(20,32)13-34-17)21(30)19(29)18(14)24(27,2)3;;/h5-9,16-17,19-20,22,28-29,32-33H,10-13H2,1-4H3;;/t16?,17?,19?,20?,22?,25-,26+,27?;;/m1../s1. The van der Waals surface area contributed by atoms with E-state index in [2.05, 4.69) is 0 Å². The molecule has 4 N–H and O–H groups in total. The predicted octanol–water partition coefficient (Wildman–Crippen LogP) is 1.54. The summed E-state index contributed by atoms with van der Waals surface area (Å²) in [6, 6.07) is 8.32. The van der Waals surface area contributed by atoms with Crippen molar-refractivity contribution in [2.75, 3.05) is 6.61 Å². The van der Waals surface area contributed by atoms with Crippen molar-refractivity contribution in [3.8, 4) is 0 Å². The van der Waals surface area contributed by atoms with E-state index < -0.39 is 64.1 Å². The van der Waals surface area contributed by atoms with E-state index in [9.17, 15) is 30.0 Å². The zero-order valence-corrected chi connectivity index (χ0v) is 31.2. The molecule has 1 aromatic carbocycles. The summed E-state index contributed by atoms with van der Waals surface area (Å²) in [5, 5.41) is 46.6. The first-order valence-corrected chi connectivity index (χ1v) is 12.2. The zero-order chi connectivity index (χ0) is 25.6. The van der Waals surface area contributed by atoms with Crippen LogP contribution in [-0.2, 0) is 14.3 Å². The van der Waals surface area contributed by atoms with Crippen molar-refractivity contribution in [3.05, 3.63) is 47.0 Å². The molecule has 2 saturated carbocycles. The number of ketones is 1. The molecule has 0 aromatic heterocycles. The van der Waals surface area contributed by atoms with Crippen molar-refractivity contribution >= 4 is 11.8 Å². The topological polar surface area (TPSA) is 134 Å². The van der Waals surface area contributed by atoms with Crippen LogP contribution in [0.15, 0.2) is 41.5 Å². The Morgan fingerprint density at radius 2 is 1.70 bits per heavy atom. The number of hydrogen-bond acceptors (Lipinski definition) is 8. The molecule has 8 atom stereocenters. The second kappa shape index (κ2) is 10.9. The molecular formula is C27H34Ac2O8. The van der Waals surface area contributed by atoms with Crippen LogP contribution in [0.3, 0.4) is 0 Å². The first-order valence-electron chi connectivity index (χ1n) is 12.2. The van der Waals surface area contributed by atoms with Crippen molar-refractivity contribution in [2.24, 2.45) is 16.7 Å². The Kier molecular flexibility index (Phi) is 9.50. The summed E-state index contributed by atoms with van der Waals surface area (Å²) in [5.74, 6) is -2.28. The van der Waals surface area contributed by atoms with Crippen LogP contribution in [0.2, 0.25) is 0 Å². The molecule has 196 valence electrons. The first-order chi connectivity index (χ1) is 16.3. The van der Waals surface area contributed by atoms with E-state index >= 15 is 0 Å². The Labute approximate surface area is 288 Å². The summed E-state index contributed by atoms with van der Waals surface area (Å²) in [5.41, 5.74) is -5.09. The molecular weight excluding hydrogens is 906 g/mol. The van der Waals surface area contributed by atoms with Gasteiger partial charge in [0.15, 0.2) is 5.78 Å². The van der Waals surface area contributed by atoms with Crippen LogP contribution in [0.5, 0.6) is 0 Å². The maximum absolute atomic E-state index is 14.0. The molecule has 37 heavy (non-hydrogen) atoms. The van der Waals surface area contributed by atoms with Crippen LogP contribution >= 0.6 is 0 Å². The number of benzene rings is 1. The normalized spacial score (nSPS) is 41.9. The number of aliphatic hydroxyl groups is 4. The smallest absolute Gasteiger partial charge is 0.338 e. The van der Waals surface area contributed by atoms with E-state index in [0.717, 1.165) is 0 Å². The molecule has 2 radical (unpaired) electrons. The van der Waals surface area contributed by atoms with Gasteiger partial charge in [-0.1, -0.05) is 39.0 Å². The van der Waals surface area contributed by atoms with Crippen LogP contribution in [-0.4, -0.2) is 74.4 Å². The number of aliphatic hydroxyl groups excluding tert-OH is 2. The number of hydrogen-bond donors (Lipinski definition) is 4. The maximum atomic E-state index is 14.0. The van der Waals surface area contributed by atoms with Gasteiger partial charge in [0.25, 0.3) is 0 Å². The minimum absolute atomic E-state index is 0. The summed E-state index contributed by atoms with van der Waals surface area (Å²) >= 11 is 0. The Bertz CT molecular complexity index is 1110. The van der Waals surface area contributed by atoms with E-state index in [1.165, 1.54) is 0 Å². The molecule has 3 fully saturated rings. The Morgan fingerprint density at radius 3 is 2.27 bits per heavy atom. The quantitative estimate of drug-likeness (QED) is 0.260. The fourth-order valence-electron chi connectivity index (χ4n) is 7.29. The number of carbonyl (C=O) groups is 2. The average molecular weight is 941 g/mol. The SMILES string of the molecule is CC1=C2C(O)C(=O)[C@]3(C)CCC4OC[C@@]4(O)C3C(OC(=O)c3ccccc3)C(O)(CC1O)C2(C)C.[Ac].[Ac].